The van der Waals surface area contributed by atoms with Gasteiger partial charge in [0.15, 0.2) is 0 Å². The maximum absolute atomic E-state index is 13.7. The summed E-state index contributed by atoms with van der Waals surface area (Å²) in [6.07, 6.45) is 1.65. The first-order valence-electron chi connectivity index (χ1n) is 10.5. The molecule has 0 unspecified atom stereocenters. The highest BCUT2D eigenvalue weighted by Crippen LogP contribution is 2.20. The lowest BCUT2D eigenvalue weighted by Crippen LogP contribution is -2.52. The van der Waals surface area contributed by atoms with Crippen LogP contribution in [-0.4, -0.2) is 50.0 Å². The van der Waals surface area contributed by atoms with E-state index in [1.165, 1.54) is 23.1 Å². The number of amides is 2. The molecular formula is C23H29ClFN3O4S. The molecule has 1 N–H and O–H groups in total. The summed E-state index contributed by atoms with van der Waals surface area (Å²) in [7, 11) is -3.91. The van der Waals surface area contributed by atoms with Crippen LogP contribution in [0.3, 0.4) is 0 Å². The zero-order valence-corrected chi connectivity index (χ0v) is 20.7. The molecule has 0 saturated heterocycles. The Balaban J connectivity index is 2.37. The predicted octanol–water partition coefficient (Wildman–Crippen LogP) is 3.58. The fraction of sp³-hybridized carbons (Fsp3) is 0.391. The van der Waals surface area contributed by atoms with Crippen molar-refractivity contribution in [2.24, 2.45) is 0 Å². The fourth-order valence-electron chi connectivity index (χ4n) is 3.08. The summed E-state index contributed by atoms with van der Waals surface area (Å²) >= 11 is 5.95. The van der Waals surface area contributed by atoms with Gasteiger partial charge in [-0.3, -0.25) is 13.9 Å². The van der Waals surface area contributed by atoms with E-state index in [1.807, 2.05) is 13.8 Å². The molecule has 0 bridgehead atoms. The van der Waals surface area contributed by atoms with Gasteiger partial charge in [0.2, 0.25) is 21.8 Å². The van der Waals surface area contributed by atoms with E-state index in [2.05, 4.69) is 5.32 Å². The van der Waals surface area contributed by atoms with Crippen molar-refractivity contribution in [1.82, 2.24) is 10.2 Å². The topological polar surface area (TPSA) is 86.8 Å². The van der Waals surface area contributed by atoms with Crippen LogP contribution < -0.4 is 9.62 Å². The summed E-state index contributed by atoms with van der Waals surface area (Å²) in [5.41, 5.74) is 0.738. The van der Waals surface area contributed by atoms with Crippen molar-refractivity contribution in [2.45, 2.75) is 45.8 Å². The minimum Gasteiger partial charge on any atom is -0.352 e. The molecular weight excluding hydrogens is 469 g/mol. The molecule has 2 aromatic carbocycles. The van der Waals surface area contributed by atoms with Crippen LogP contribution in [0.25, 0.3) is 0 Å². The van der Waals surface area contributed by atoms with Crippen molar-refractivity contribution in [2.75, 3.05) is 17.1 Å². The molecule has 180 valence electrons. The zero-order chi connectivity index (χ0) is 24.8. The standard InChI is InChI=1S/C23H29ClFN3O4S/c1-5-16(2)26-23(30)17(3)27(14-18-9-11-19(24)12-10-18)22(29)15-28(33(4,31)32)21-8-6-7-20(25)13-21/h6-13,16-17H,5,14-15H2,1-4H3,(H,26,30)/t16-,17+/m0/s1. The van der Waals surface area contributed by atoms with Crippen molar-refractivity contribution >= 4 is 39.1 Å². The molecule has 33 heavy (non-hydrogen) atoms. The van der Waals surface area contributed by atoms with Crippen LogP contribution in [0, 0.1) is 5.82 Å². The number of sulfonamides is 1. The van der Waals surface area contributed by atoms with E-state index >= 15 is 0 Å². The second-order valence-corrected chi connectivity index (χ2v) is 10.2. The van der Waals surface area contributed by atoms with E-state index in [-0.39, 0.29) is 24.2 Å². The number of hydrogen-bond acceptors (Lipinski definition) is 4. The van der Waals surface area contributed by atoms with E-state index in [1.54, 1.807) is 31.2 Å². The van der Waals surface area contributed by atoms with Crippen LogP contribution in [0.5, 0.6) is 0 Å². The van der Waals surface area contributed by atoms with E-state index in [0.717, 1.165) is 16.6 Å². The van der Waals surface area contributed by atoms with Crippen LogP contribution in [0.4, 0.5) is 10.1 Å². The van der Waals surface area contributed by atoms with E-state index in [4.69, 9.17) is 11.6 Å². The fourth-order valence-corrected chi connectivity index (χ4v) is 4.05. The monoisotopic (exact) mass is 497 g/mol. The lowest BCUT2D eigenvalue weighted by molar-refractivity contribution is -0.139. The number of nitrogens with zero attached hydrogens (tertiary/aromatic N) is 2. The predicted molar refractivity (Wildman–Crippen MR) is 128 cm³/mol. The Morgan fingerprint density at radius 2 is 1.76 bits per heavy atom. The molecule has 2 aromatic rings. The van der Waals surface area contributed by atoms with Crippen LogP contribution in [0.2, 0.25) is 5.02 Å². The van der Waals surface area contributed by atoms with Crippen molar-refractivity contribution in [3.05, 3.63) is 64.9 Å². The summed E-state index contributed by atoms with van der Waals surface area (Å²) in [5, 5.41) is 3.37. The Bertz CT molecular complexity index is 1080. The Morgan fingerprint density at radius 1 is 1.12 bits per heavy atom. The average Bonchev–Trinajstić information content (AvgIpc) is 2.75. The highest BCUT2D eigenvalue weighted by molar-refractivity contribution is 7.92. The van der Waals surface area contributed by atoms with E-state index in [0.29, 0.717) is 17.0 Å². The molecule has 0 aliphatic carbocycles. The molecule has 0 saturated carbocycles. The van der Waals surface area contributed by atoms with Gasteiger partial charge in [0.1, 0.15) is 18.4 Å². The van der Waals surface area contributed by atoms with Crippen LogP contribution in [-0.2, 0) is 26.2 Å². The Morgan fingerprint density at radius 3 is 2.30 bits per heavy atom. The second kappa shape index (κ2) is 11.5. The van der Waals surface area contributed by atoms with Crippen LogP contribution in [0.1, 0.15) is 32.8 Å². The highest BCUT2D eigenvalue weighted by Gasteiger charge is 2.30. The maximum Gasteiger partial charge on any atom is 0.244 e. The Labute approximate surface area is 199 Å². The summed E-state index contributed by atoms with van der Waals surface area (Å²) < 4.78 is 39.4. The summed E-state index contributed by atoms with van der Waals surface area (Å²) in [4.78, 5) is 27.4. The normalized spacial score (nSPS) is 13.2. The number of halogens is 2. The minimum atomic E-state index is -3.91. The number of hydrogen-bond donors (Lipinski definition) is 1. The molecule has 2 amide bonds. The lowest BCUT2D eigenvalue weighted by atomic mass is 10.1. The van der Waals surface area contributed by atoms with Crippen molar-refractivity contribution < 1.29 is 22.4 Å². The van der Waals surface area contributed by atoms with Gasteiger partial charge in [-0.2, -0.15) is 0 Å². The second-order valence-electron chi connectivity index (χ2n) is 7.89. The molecule has 0 aliphatic rings. The molecule has 0 fully saturated rings. The molecule has 2 atom stereocenters. The number of carbonyl (C=O) groups is 2. The van der Waals surface area contributed by atoms with Gasteiger partial charge in [0.05, 0.1) is 11.9 Å². The SMILES string of the molecule is CC[C@H](C)NC(=O)[C@@H](C)N(Cc1ccc(Cl)cc1)C(=O)CN(c1cccc(F)c1)S(C)(=O)=O. The average molecular weight is 498 g/mol. The molecule has 0 aromatic heterocycles. The summed E-state index contributed by atoms with van der Waals surface area (Å²) in [6.45, 7) is 4.84. The number of rotatable bonds is 10. The first-order valence-corrected chi connectivity index (χ1v) is 12.7. The van der Waals surface area contributed by atoms with Gasteiger partial charge in [0, 0.05) is 17.6 Å². The van der Waals surface area contributed by atoms with E-state index < -0.39 is 34.3 Å². The van der Waals surface area contributed by atoms with E-state index in [9.17, 15) is 22.4 Å². The first-order chi connectivity index (χ1) is 15.4. The quantitative estimate of drug-likeness (QED) is 0.543. The third-order valence-corrected chi connectivity index (χ3v) is 6.60. The van der Waals surface area contributed by atoms with Gasteiger partial charge in [-0.25, -0.2) is 12.8 Å². The molecule has 0 radical (unpaired) electrons. The van der Waals surface area contributed by atoms with Gasteiger partial charge in [0.25, 0.3) is 0 Å². The maximum atomic E-state index is 13.7. The lowest BCUT2D eigenvalue weighted by Gasteiger charge is -2.32. The van der Waals surface area contributed by atoms with Gasteiger partial charge in [-0.15, -0.1) is 0 Å². The van der Waals surface area contributed by atoms with Gasteiger partial charge < -0.3 is 10.2 Å². The van der Waals surface area contributed by atoms with Crippen molar-refractivity contribution in [1.29, 1.82) is 0 Å². The largest absolute Gasteiger partial charge is 0.352 e. The Kier molecular flexibility index (Phi) is 9.25. The number of nitrogens with one attached hydrogen (secondary N) is 1. The minimum absolute atomic E-state index is 0.0222. The molecule has 7 nitrogen and oxygen atoms in total. The molecule has 2 rings (SSSR count). The third kappa shape index (κ3) is 7.71. The summed E-state index contributed by atoms with van der Waals surface area (Å²) in [6, 6.07) is 10.8. The molecule has 0 spiro atoms. The van der Waals surface area contributed by atoms with Gasteiger partial charge >= 0.3 is 0 Å². The molecule has 0 aliphatic heterocycles. The number of anilines is 1. The first kappa shape index (κ1) is 26.6. The van der Waals surface area contributed by atoms with Gasteiger partial charge in [-0.1, -0.05) is 36.7 Å². The molecule has 0 heterocycles. The smallest absolute Gasteiger partial charge is 0.244 e. The van der Waals surface area contributed by atoms with Gasteiger partial charge in [-0.05, 0) is 56.2 Å². The molecule has 10 heteroatoms. The highest BCUT2D eigenvalue weighted by atomic mass is 35.5. The number of carbonyl (C=O) groups excluding carboxylic acids is 2. The van der Waals surface area contributed by atoms with Crippen LogP contribution >= 0.6 is 11.6 Å². The number of benzene rings is 2. The summed E-state index contributed by atoms with van der Waals surface area (Å²) in [5.74, 6) is -1.59. The van der Waals surface area contributed by atoms with Crippen LogP contribution in [0.15, 0.2) is 48.5 Å². The van der Waals surface area contributed by atoms with Crippen molar-refractivity contribution in [3.63, 3.8) is 0 Å². The Hall–Kier alpha value is -2.65. The third-order valence-electron chi connectivity index (χ3n) is 5.21. The zero-order valence-electron chi connectivity index (χ0n) is 19.1. The van der Waals surface area contributed by atoms with Crippen molar-refractivity contribution in [3.8, 4) is 0 Å².